The van der Waals surface area contributed by atoms with Crippen molar-refractivity contribution in [2.24, 2.45) is 0 Å². The van der Waals surface area contributed by atoms with Gasteiger partial charge in [0.15, 0.2) is 0 Å². The van der Waals surface area contributed by atoms with Gasteiger partial charge in [-0.05, 0) is 56.2 Å². The molecule has 0 atom stereocenters. The SMILES string of the molecule is CC(C)N(C)CCCCNc1nc(N)ncc1Br. The van der Waals surface area contributed by atoms with Crippen molar-refractivity contribution in [1.29, 1.82) is 0 Å². The molecular weight excluding hydrogens is 294 g/mol. The first-order valence-corrected chi connectivity index (χ1v) is 7.02. The highest BCUT2D eigenvalue weighted by Gasteiger charge is 2.04. The lowest BCUT2D eigenvalue weighted by Crippen LogP contribution is -2.27. The highest BCUT2D eigenvalue weighted by molar-refractivity contribution is 9.10. The molecule has 0 radical (unpaired) electrons. The van der Waals surface area contributed by atoms with Gasteiger partial charge >= 0.3 is 0 Å². The van der Waals surface area contributed by atoms with Crippen molar-refractivity contribution in [3.8, 4) is 0 Å². The molecule has 0 aliphatic heterocycles. The fraction of sp³-hybridized carbons (Fsp3) is 0.667. The molecule has 102 valence electrons. The van der Waals surface area contributed by atoms with E-state index in [9.17, 15) is 0 Å². The average Bonchev–Trinajstić information content (AvgIpc) is 2.32. The molecule has 1 aromatic rings. The molecule has 5 nitrogen and oxygen atoms in total. The van der Waals surface area contributed by atoms with Gasteiger partial charge in [0.25, 0.3) is 0 Å². The zero-order valence-electron chi connectivity index (χ0n) is 11.3. The quantitative estimate of drug-likeness (QED) is 0.756. The summed E-state index contributed by atoms with van der Waals surface area (Å²) in [4.78, 5) is 10.4. The van der Waals surface area contributed by atoms with Crippen LogP contribution in [-0.4, -0.2) is 41.0 Å². The van der Waals surface area contributed by atoms with Crippen LogP contribution in [-0.2, 0) is 0 Å². The molecule has 3 N–H and O–H groups in total. The lowest BCUT2D eigenvalue weighted by molar-refractivity contribution is 0.269. The molecule has 0 fully saturated rings. The van der Waals surface area contributed by atoms with E-state index in [4.69, 9.17) is 5.73 Å². The Morgan fingerprint density at radius 3 is 2.83 bits per heavy atom. The number of nitrogens with zero attached hydrogens (tertiary/aromatic N) is 3. The lowest BCUT2D eigenvalue weighted by Gasteiger charge is -2.20. The molecule has 0 aromatic carbocycles. The summed E-state index contributed by atoms with van der Waals surface area (Å²) in [7, 11) is 2.15. The van der Waals surface area contributed by atoms with Crippen molar-refractivity contribution >= 4 is 27.7 Å². The van der Waals surface area contributed by atoms with E-state index in [-0.39, 0.29) is 0 Å². The van der Waals surface area contributed by atoms with E-state index in [1.807, 2.05) is 0 Å². The number of aromatic nitrogens is 2. The van der Waals surface area contributed by atoms with Crippen LogP contribution < -0.4 is 11.1 Å². The average molecular weight is 316 g/mol. The summed E-state index contributed by atoms with van der Waals surface area (Å²) >= 11 is 3.39. The number of unbranched alkanes of at least 4 members (excludes halogenated alkanes) is 1. The van der Waals surface area contributed by atoms with Gasteiger partial charge in [-0.15, -0.1) is 0 Å². The van der Waals surface area contributed by atoms with Crippen LogP contribution in [0.25, 0.3) is 0 Å². The summed E-state index contributed by atoms with van der Waals surface area (Å²) in [5.41, 5.74) is 5.54. The molecule has 18 heavy (non-hydrogen) atoms. The van der Waals surface area contributed by atoms with Crippen LogP contribution in [0.5, 0.6) is 0 Å². The molecule has 0 unspecified atom stereocenters. The van der Waals surface area contributed by atoms with Crippen molar-refractivity contribution < 1.29 is 0 Å². The van der Waals surface area contributed by atoms with Gasteiger partial charge in [0.1, 0.15) is 5.82 Å². The highest BCUT2D eigenvalue weighted by atomic mass is 79.9. The van der Waals surface area contributed by atoms with E-state index in [2.05, 4.69) is 57.0 Å². The van der Waals surface area contributed by atoms with Gasteiger partial charge in [0, 0.05) is 18.8 Å². The Morgan fingerprint density at radius 2 is 2.17 bits per heavy atom. The number of rotatable bonds is 7. The van der Waals surface area contributed by atoms with E-state index in [0.717, 1.165) is 29.8 Å². The fourth-order valence-electron chi connectivity index (χ4n) is 1.46. The minimum atomic E-state index is 0.292. The maximum absolute atomic E-state index is 5.54. The van der Waals surface area contributed by atoms with Gasteiger partial charge in [0.05, 0.1) is 4.47 Å². The van der Waals surface area contributed by atoms with Gasteiger partial charge in [0.2, 0.25) is 5.95 Å². The topological polar surface area (TPSA) is 67.1 Å². The van der Waals surface area contributed by atoms with Gasteiger partial charge in [-0.1, -0.05) is 0 Å². The van der Waals surface area contributed by atoms with Crippen molar-refractivity contribution in [1.82, 2.24) is 14.9 Å². The second kappa shape index (κ2) is 7.53. The number of hydrogen-bond donors (Lipinski definition) is 2. The van der Waals surface area contributed by atoms with E-state index < -0.39 is 0 Å². The molecule has 1 aromatic heterocycles. The maximum atomic E-state index is 5.54. The third-order valence-electron chi connectivity index (χ3n) is 2.87. The minimum absolute atomic E-state index is 0.292. The van der Waals surface area contributed by atoms with E-state index >= 15 is 0 Å². The van der Waals surface area contributed by atoms with Crippen molar-refractivity contribution in [3.05, 3.63) is 10.7 Å². The number of nitrogens with two attached hydrogens (primary N) is 1. The fourth-order valence-corrected chi connectivity index (χ4v) is 1.79. The first-order valence-electron chi connectivity index (χ1n) is 6.23. The standard InChI is InChI=1S/C12H22BrN5/c1-9(2)18(3)7-5-4-6-15-11-10(13)8-16-12(14)17-11/h8-9H,4-7H2,1-3H3,(H3,14,15,16,17). The Balaban J connectivity index is 2.24. The van der Waals surface area contributed by atoms with Gasteiger partial charge < -0.3 is 16.0 Å². The normalized spacial score (nSPS) is 11.2. The summed E-state index contributed by atoms with van der Waals surface area (Å²) in [5.74, 6) is 1.06. The smallest absolute Gasteiger partial charge is 0.221 e. The molecule has 0 saturated heterocycles. The van der Waals surface area contributed by atoms with Gasteiger partial charge in [-0.2, -0.15) is 4.98 Å². The Morgan fingerprint density at radius 1 is 1.44 bits per heavy atom. The van der Waals surface area contributed by atoms with Crippen LogP contribution in [0.1, 0.15) is 26.7 Å². The number of hydrogen-bond acceptors (Lipinski definition) is 5. The zero-order chi connectivity index (χ0) is 13.5. The number of nitrogen functional groups attached to an aromatic ring is 1. The Bertz CT molecular complexity index is 369. The monoisotopic (exact) mass is 315 g/mol. The Kier molecular flexibility index (Phi) is 6.35. The summed E-state index contributed by atoms with van der Waals surface area (Å²) in [6.45, 7) is 6.42. The van der Waals surface area contributed by atoms with Crippen LogP contribution in [0.3, 0.4) is 0 Å². The van der Waals surface area contributed by atoms with Crippen molar-refractivity contribution in [2.75, 3.05) is 31.2 Å². The summed E-state index contributed by atoms with van der Waals surface area (Å²) in [6, 6.07) is 0.605. The molecule has 0 spiro atoms. The molecular formula is C12H22BrN5. The third kappa shape index (κ3) is 5.18. The van der Waals surface area contributed by atoms with E-state index in [0.29, 0.717) is 12.0 Å². The van der Waals surface area contributed by atoms with Crippen LogP contribution >= 0.6 is 15.9 Å². The van der Waals surface area contributed by atoms with Gasteiger partial charge in [-0.3, -0.25) is 0 Å². The van der Waals surface area contributed by atoms with Crippen LogP contribution in [0.2, 0.25) is 0 Å². The molecule has 1 rings (SSSR count). The molecule has 0 aliphatic rings. The number of anilines is 2. The zero-order valence-corrected chi connectivity index (χ0v) is 12.9. The Labute approximate surface area is 117 Å². The number of halogens is 1. The molecule has 6 heteroatoms. The molecule has 0 saturated carbocycles. The van der Waals surface area contributed by atoms with E-state index in [1.165, 1.54) is 6.42 Å². The highest BCUT2D eigenvalue weighted by Crippen LogP contribution is 2.18. The van der Waals surface area contributed by atoms with Crippen LogP contribution in [0.4, 0.5) is 11.8 Å². The molecule has 0 bridgehead atoms. The second-order valence-corrected chi connectivity index (χ2v) is 5.49. The van der Waals surface area contributed by atoms with Crippen LogP contribution in [0.15, 0.2) is 10.7 Å². The molecule has 1 heterocycles. The Hall–Kier alpha value is -0.880. The predicted octanol–water partition coefficient (Wildman–Crippen LogP) is 2.35. The maximum Gasteiger partial charge on any atom is 0.221 e. The van der Waals surface area contributed by atoms with E-state index in [1.54, 1.807) is 6.20 Å². The molecule has 0 aliphatic carbocycles. The van der Waals surface area contributed by atoms with Gasteiger partial charge in [-0.25, -0.2) is 4.98 Å². The summed E-state index contributed by atoms with van der Waals surface area (Å²) in [5, 5.41) is 3.26. The largest absolute Gasteiger partial charge is 0.369 e. The summed E-state index contributed by atoms with van der Waals surface area (Å²) in [6.07, 6.45) is 3.93. The summed E-state index contributed by atoms with van der Waals surface area (Å²) < 4.78 is 0.844. The van der Waals surface area contributed by atoms with Crippen molar-refractivity contribution in [3.63, 3.8) is 0 Å². The second-order valence-electron chi connectivity index (χ2n) is 4.63. The first-order chi connectivity index (χ1) is 8.50. The lowest BCUT2D eigenvalue weighted by atomic mass is 10.2. The first kappa shape index (κ1) is 15.2. The molecule has 0 amide bonds. The minimum Gasteiger partial charge on any atom is -0.369 e. The van der Waals surface area contributed by atoms with Crippen molar-refractivity contribution in [2.45, 2.75) is 32.7 Å². The van der Waals surface area contributed by atoms with Crippen LogP contribution in [0, 0.1) is 0 Å². The number of nitrogens with one attached hydrogen (secondary N) is 1. The predicted molar refractivity (Wildman–Crippen MR) is 79.6 cm³/mol. The third-order valence-corrected chi connectivity index (χ3v) is 3.45.